The van der Waals surface area contributed by atoms with Gasteiger partial charge in [0.2, 0.25) is 5.91 Å². The van der Waals surface area contributed by atoms with Crippen molar-refractivity contribution in [2.75, 3.05) is 26.7 Å². The molecule has 1 aromatic heterocycles. The lowest BCUT2D eigenvalue weighted by molar-refractivity contribution is -0.129. The van der Waals surface area contributed by atoms with Gasteiger partial charge in [-0.1, -0.05) is 25.1 Å². The molecule has 1 fully saturated rings. The number of H-pyrrole nitrogens is 1. The third-order valence-corrected chi connectivity index (χ3v) is 4.68. The van der Waals surface area contributed by atoms with Gasteiger partial charge in [0.1, 0.15) is 0 Å². The van der Waals surface area contributed by atoms with Crippen molar-refractivity contribution in [3.8, 4) is 0 Å². The zero-order chi connectivity index (χ0) is 17.6. The molecule has 0 spiro atoms. The summed E-state index contributed by atoms with van der Waals surface area (Å²) in [5.74, 6) is 1.03. The first-order valence-corrected chi connectivity index (χ1v) is 9.01. The first-order valence-electron chi connectivity index (χ1n) is 9.01. The monoisotopic (exact) mass is 469 g/mol. The SMILES string of the molecule is CCC(=O)N1CCC(NC(=NC)NCCc2cc3ccccc3[nH]2)C1.I. The van der Waals surface area contributed by atoms with Gasteiger partial charge in [-0.25, -0.2) is 0 Å². The number of amides is 1. The van der Waals surface area contributed by atoms with Gasteiger partial charge in [0.25, 0.3) is 0 Å². The molecule has 1 atom stereocenters. The van der Waals surface area contributed by atoms with Crippen molar-refractivity contribution in [3.05, 3.63) is 36.0 Å². The number of likely N-dealkylation sites (tertiary alicyclic amines) is 1. The fraction of sp³-hybridized carbons (Fsp3) is 0.474. The van der Waals surface area contributed by atoms with Gasteiger partial charge in [-0.05, 0) is 23.9 Å². The molecule has 0 saturated carbocycles. The van der Waals surface area contributed by atoms with E-state index in [9.17, 15) is 4.79 Å². The largest absolute Gasteiger partial charge is 0.358 e. The standard InChI is InChI=1S/C19H27N5O.HI/c1-3-18(25)24-11-9-16(13-24)23-19(20-2)21-10-8-15-12-14-6-4-5-7-17(14)22-15;/h4-7,12,16,22H,3,8-11,13H2,1-2H3,(H2,20,21,23);1H. The van der Waals surface area contributed by atoms with E-state index in [1.54, 1.807) is 7.05 Å². The second-order valence-corrected chi connectivity index (χ2v) is 6.45. The molecule has 0 bridgehead atoms. The number of nitrogens with one attached hydrogen (secondary N) is 3. The third-order valence-electron chi connectivity index (χ3n) is 4.68. The Kier molecular flexibility index (Phi) is 7.74. The van der Waals surface area contributed by atoms with Crippen molar-refractivity contribution in [1.29, 1.82) is 0 Å². The van der Waals surface area contributed by atoms with Crippen LogP contribution in [0.4, 0.5) is 0 Å². The summed E-state index contributed by atoms with van der Waals surface area (Å²) in [5, 5.41) is 8.03. The summed E-state index contributed by atoms with van der Waals surface area (Å²) < 4.78 is 0. The van der Waals surface area contributed by atoms with E-state index >= 15 is 0 Å². The molecule has 0 radical (unpaired) electrons. The zero-order valence-electron chi connectivity index (χ0n) is 15.4. The van der Waals surface area contributed by atoms with E-state index in [1.165, 1.54) is 16.6 Å². The van der Waals surface area contributed by atoms with Crippen LogP contribution >= 0.6 is 24.0 Å². The molecule has 3 N–H and O–H groups in total. The minimum atomic E-state index is 0. The van der Waals surface area contributed by atoms with Crippen LogP contribution in [-0.2, 0) is 11.2 Å². The molecule has 3 rings (SSSR count). The number of aliphatic imine (C=N–C) groups is 1. The molecular formula is C19H28IN5O. The summed E-state index contributed by atoms with van der Waals surface area (Å²) in [6.45, 7) is 4.30. The van der Waals surface area contributed by atoms with Crippen molar-refractivity contribution >= 4 is 46.7 Å². The molecule has 1 aliphatic heterocycles. The van der Waals surface area contributed by atoms with Crippen LogP contribution in [0.3, 0.4) is 0 Å². The Morgan fingerprint density at radius 1 is 1.38 bits per heavy atom. The first kappa shape index (κ1) is 20.5. The zero-order valence-corrected chi connectivity index (χ0v) is 17.7. The summed E-state index contributed by atoms with van der Waals surface area (Å²) in [6.07, 6.45) is 2.44. The molecular weight excluding hydrogens is 441 g/mol. The molecule has 0 aliphatic carbocycles. The highest BCUT2D eigenvalue weighted by Crippen LogP contribution is 2.14. The number of halogens is 1. The average molecular weight is 469 g/mol. The highest BCUT2D eigenvalue weighted by Gasteiger charge is 2.25. The molecule has 142 valence electrons. The fourth-order valence-corrected chi connectivity index (χ4v) is 3.30. The first-order chi connectivity index (χ1) is 12.2. The van der Waals surface area contributed by atoms with Gasteiger partial charge in [0.05, 0.1) is 0 Å². The predicted molar refractivity (Wildman–Crippen MR) is 117 cm³/mol. The molecule has 1 aromatic carbocycles. The van der Waals surface area contributed by atoms with Crippen LogP contribution in [0.15, 0.2) is 35.3 Å². The number of hydrogen-bond donors (Lipinski definition) is 3. The number of guanidine groups is 1. The van der Waals surface area contributed by atoms with Gasteiger partial charge < -0.3 is 20.5 Å². The van der Waals surface area contributed by atoms with E-state index in [2.05, 4.69) is 44.9 Å². The number of carbonyl (C=O) groups is 1. The summed E-state index contributed by atoms with van der Waals surface area (Å²) >= 11 is 0. The number of nitrogens with zero attached hydrogens (tertiary/aromatic N) is 2. The Morgan fingerprint density at radius 3 is 2.92 bits per heavy atom. The Labute approximate surface area is 171 Å². The van der Waals surface area contributed by atoms with Crippen molar-refractivity contribution in [2.24, 2.45) is 4.99 Å². The van der Waals surface area contributed by atoms with Crippen molar-refractivity contribution in [1.82, 2.24) is 20.5 Å². The minimum Gasteiger partial charge on any atom is -0.358 e. The van der Waals surface area contributed by atoms with Crippen LogP contribution in [-0.4, -0.2) is 54.5 Å². The van der Waals surface area contributed by atoms with Gasteiger partial charge in [-0.3, -0.25) is 9.79 Å². The average Bonchev–Trinajstić information content (AvgIpc) is 3.26. The molecule has 2 aromatic rings. The highest BCUT2D eigenvalue weighted by molar-refractivity contribution is 14.0. The molecule has 1 unspecified atom stereocenters. The predicted octanol–water partition coefficient (Wildman–Crippen LogP) is 2.50. The second-order valence-electron chi connectivity index (χ2n) is 6.45. The number of aromatic amines is 1. The number of aromatic nitrogens is 1. The van der Waals surface area contributed by atoms with Crippen LogP contribution in [0.5, 0.6) is 0 Å². The van der Waals surface area contributed by atoms with Crippen LogP contribution in [0, 0.1) is 0 Å². The summed E-state index contributed by atoms with van der Waals surface area (Å²) in [7, 11) is 1.78. The van der Waals surface area contributed by atoms with E-state index in [1.807, 2.05) is 17.9 Å². The Morgan fingerprint density at radius 2 is 2.19 bits per heavy atom. The third kappa shape index (κ3) is 5.12. The second kappa shape index (κ2) is 9.80. The molecule has 1 saturated heterocycles. The normalized spacial score (nSPS) is 17.2. The molecule has 7 heteroatoms. The number of rotatable bonds is 5. The number of fused-ring (bicyclic) bond motifs is 1. The number of benzene rings is 1. The number of carbonyl (C=O) groups excluding carboxylic acids is 1. The maximum Gasteiger partial charge on any atom is 0.222 e. The van der Waals surface area contributed by atoms with Crippen molar-refractivity contribution in [3.63, 3.8) is 0 Å². The van der Waals surface area contributed by atoms with Gasteiger partial charge in [-0.15, -0.1) is 24.0 Å². The van der Waals surface area contributed by atoms with E-state index in [4.69, 9.17) is 0 Å². The minimum absolute atomic E-state index is 0. The number of para-hydroxylation sites is 1. The van der Waals surface area contributed by atoms with Gasteiger partial charge in [0, 0.05) is 56.8 Å². The van der Waals surface area contributed by atoms with Crippen molar-refractivity contribution < 1.29 is 4.79 Å². The molecule has 26 heavy (non-hydrogen) atoms. The lowest BCUT2D eigenvalue weighted by atomic mass is 10.2. The molecule has 1 amide bonds. The quantitative estimate of drug-likeness (QED) is 0.358. The Hall–Kier alpha value is -1.77. The smallest absolute Gasteiger partial charge is 0.222 e. The van der Waals surface area contributed by atoms with Gasteiger partial charge >= 0.3 is 0 Å². The molecule has 1 aliphatic rings. The van der Waals surface area contributed by atoms with Crippen LogP contribution in [0.2, 0.25) is 0 Å². The van der Waals surface area contributed by atoms with Crippen LogP contribution in [0.1, 0.15) is 25.5 Å². The lowest BCUT2D eigenvalue weighted by Crippen LogP contribution is -2.45. The van der Waals surface area contributed by atoms with E-state index in [0.29, 0.717) is 6.42 Å². The Balaban J connectivity index is 0.00000243. The number of hydrogen-bond acceptors (Lipinski definition) is 2. The highest BCUT2D eigenvalue weighted by atomic mass is 127. The summed E-state index contributed by atoms with van der Waals surface area (Å²) in [5.41, 5.74) is 2.39. The maximum absolute atomic E-state index is 11.8. The van der Waals surface area contributed by atoms with Crippen LogP contribution in [0.25, 0.3) is 10.9 Å². The molecule has 6 nitrogen and oxygen atoms in total. The van der Waals surface area contributed by atoms with E-state index < -0.39 is 0 Å². The topological polar surface area (TPSA) is 72.5 Å². The van der Waals surface area contributed by atoms with Gasteiger partial charge in [0.15, 0.2) is 5.96 Å². The van der Waals surface area contributed by atoms with Gasteiger partial charge in [-0.2, -0.15) is 0 Å². The summed E-state index contributed by atoms with van der Waals surface area (Å²) in [4.78, 5) is 21.4. The van der Waals surface area contributed by atoms with E-state index in [0.717, 1.165) is 38.4 Å². The lowest BCUT2D eigenvalue weighted by Gasteiger charge is -2.18. The summed E-state index contributed by atoms with van der Waals surface area (Å²) in [6, 6.07) is 10.8. The van der Waals surface area contributed by atoms with E-state index in [-0.39, 0.29) is 35.9 Å². The van der Waals surface area contributed by atoms with Crippen LogP contribution < -0.4 is 10.6 Å². The molecule has 2 heterocycles. The van der Waals surface area contributed by atoms with Crippen molar-refractivity contribution in [2.45, 2.75) is 32.2 Å². The Bertz CT molecular complexity index is 724. The maximum atomic E-state index is 11.8. The fourth-order valence-electron chi connectivity index (χ4n) is 3.30.